The van der Waals surface area contributed by atoms with E-state index in [2.05, 4.69) is 29.0 Å². The number of thiophene rings is 1. The number of anilines is 1. The summed E-state index contributed by atoms with van der Waals surface area (Å²) >= 11 is 1.38. The number of rotatable bonds is 5. The standard InChI is InChI=1S/C14H20N4OS/c1-9(2)18(3)7-6-17-14(19)13-12(15)10-4-5-16-8-11(10)20-13/h4-5,8-9H,6-7,15H2,1-3H3,(H,17,19). The van der Waals surface area contributed by atoms with Gasteiger partial charge in [-0.25, -0.2) is 0 Å². The molecule has 0 radical (unpaired) electrons. The fraction of sp³-hybridized carbons (Fsp3) is 0.429. The molecule has 2 heterocycles. The Hall–Kier alpha value is -1.66. The molecular formula is C14H20N4OS. The molecule has 0 bridgehead atoms. The van der Waals surface area contributed by atoms with E-state index in [0.717, 1.165) is 16.6 Å². The van der Waals surface area contributed by atoms with E-state index in [4.69, 9.17) is 5.73 Å². The number of aromatic nitrogens is 1. The smallest absolute Gasteiger partial charge is 0.263 e. The fourth-order valence-electron chi connectivity index (χ4n) is 1.82. The Morgan fingerprint density at radius 2 is 2.30 bits per heavy atom. The van der Waals surface area contributed by atoms with E-state index < -0.39 is 0 Å². The number of nitrogens with zero attached hydrogens (tertiary/aromatic N) is 2. The lowest BCUT2D eigenvalue weighted by Gasteiger charge is -2.20. The fourth-order valence-corrected chi connectivity index (χ4v) is 2.83. The minimum absolute atomic E-state index is 0.110. The molecule has 5 nitrogen and oxygen atoms in total. The maximum atomic E-state index is 12.2. The molecule has 2 aromatic heterocycles. The van der Waals surface area contributed by atoms with Gasteiger partial charge in [-0.3, -0.25) is 9.78 Å². The summed E-state index contributed by atoms with van der Waals surface area (Å²) in [6.07, 6.45) is 3.42. The van der Waals surface area contributed by atoms with E-state index >= 15 is 0 Å². The summed E-state index contributed by atoms with van der Waals surface area (Å²) in [5, 5.41) is 3.81. The van der Waals surface area contributed by atoms with Crippen LogP contribution in [0.4, 0.5) is 5.69 Å². The minimum atomic E-state index is -0.110. The van der Waals surface area contributed by atoms with Crippen LogP contribution in [0.2, 0.25) is 0 Å². The van der Waals surface area contributed by atoms with Crippen LogP contribution in [0, 0.1) is 0 Å². The molecule has 0 atom stereocenters. The predicted molar refractivity (Wildman–Crippen MR) is 84.1 cm³/mol. The number of pyridine rings is 1. The molecular weight excluding hydrogens is 272 g/mol. The van der Waals surface area contributed by atoms with Crippen LogP contribution >= 0.6 is 11.3 Å². The summed E-state index contributed by atoms with van der Waals surface area (Å²) < 4.78 is 0.939. The van der Waals surface area contributed by atoms with Crippen molar-refractivity contribution in [2.45, 2.75) is 19.9 Å². The zero-order chi connectivity index (χ0) is 14.7. The third-order valence-electron chi connectivity index (χ3n) is 3.37. The van der Waals surface area contributed by atoms with Crippen molar-refractivity contribution in [1.29, 1.82) is 0 Å². The van der Waals surface area contributed by atoms with Crippen LogP contribution in [-0.4, -0.2) is 42.0 Å². The Balaban J connectivity index is 2.03. The lowest BCUT2D eigenvalue weighted by atomic mass is 10.2. The normalized spacial score (nSPS) is 11.4. The molecule has 2 rings (SSSR count). The topological polar surface area (TPSA) is 71.2 Å². The van der Waals surface area contributed by atoms with Gasteiger partial charge in [-0.2, -0.15) is 0 Å². The first kappa shape index (κ1) is 14.7. The number of carbonyl (C=O) groups excluding carboxylic acids is 1. The molecule has 0 unspecified atom stereocenters. The number of nitrogens with one attached hydrogen (secondary N) is 1. The molecule has 0 fully saturated rings. The Morgan fingerprint density at radius 3 is 2.95 bits per heavy atom. The van der Waals surface area contributed by atoms with Crippen LogP contribution < -0.4 is 11.1 Å². The van der Waals surface area contributed by atoms with E-state index in [0.29, 0.717) is 23.2 Å². The maximum absolute atomic E-state index is 12.2. The molecule has 0 aliphatic carbocycles. The highest BCUT2D eigenvalue weighted by Gasteiger charge is 2.16. The number of nitrogens with two attached hydrogens (primary N) is 1. The molecule has 2 aromatic rings. The van der Waals surface area contributed by atoms with E-state index in [1.807, 2.05) is 13.1 Å². The highest BCUT2D eigenvalue weighted by atomic mass is 32.1. The van der Waals surface area contributed by atoms with Crippen molar-refractivity contribution in [3.05, 3.63) is 23.3 Å². The van der Waals surface area contributed by atoms with Crippen molar-refractivity contribution in [3.8, 4) is 0 Å². The third-order valence-corrected chi connectivity index (χ3v) is 4.52. The Kier molecular flexibility index (Phi) is 4.57. The molecule has 0 aliphatic heterocycles. The zero-order valence-electron chi connectivity index (χ0n) is 12.0. The lowest BCUT2D eigenvalue weighted by Crippen LogP contribution is -2.36. The van der Waals surface area contributed by atoms with Crippen LogP contribution in [0.5, 0.6) is 0 Å². The van der Waals surface area contributed by atoms with Crippen LogP contribution in [0.1, 0.15) is 23.5 Å². The van der Waals surface area contributed by atoms with Crippen LogP contribution in [0.3, 0.4) is 0 Å². The number of fused-ring (bicyclic) bond motifs is 1. The van der Waals surface area contributed by atoms with Crippen molar-refractivity contribution in [3.63, 3.8) is 0 Å². The predicted octanol–water partition coefficient (Wildman–Crippen LogP) is 1.95. The van der Waals surface area contributed by atoms with Gasteiger partial charge in [0.1, 0.15) is 4.88 Å². The molecule has 6 heteroatoms. The van der Waals surface area contributed by atoms with Crippen molar-refractivity contribution < 1.29 is 4.79 Å². The van der Waals surface area contributed by atoms with Crippen LogP contribution in [0.25, 0.3) is 10.1 Å². The summed E-state index contributed by atoms with van der Waals surface area (Å²) in [6, 6.07) is 2.30. The van der Waals surface area contributed by atoms with Gasteiger partial charge in [-0.05, 0) is 27.0 Å². The van der Waals surface area contributed by atoms with E-state index in [-0.39, 0.29) is 5.91 Å². The Bertz CT molecular complexity index is 608. The SMILES string of the molecule is CC(C)N(C)CCNC(=O)c1sc2cnccc2c1N. The quantitative estimate of drug-likeness (QED) is 0.883. The Morgan fingerprint density at radius 1 is 1.55 bits per heavy atom. The lowest BCUT2D eigenvalue weighted by molar-refractivity contribution is 0.0953. The van der Waals surface area contributed by atoms with Crippen molar-refractivity contribution >= 4 is 33.0 Å². The molecule has 0 aromatic carbocycles. The summed E-state index contributed by atoms with van der Waals surface area (Å²) in [5.41, 5.74) is 6.57. The van der Waals surface area contributed by atoms with E-state index in [1.165, 1.54) is 11.3 Å². The molecule has 3 N–H and O–H groups in total. The van der Waals surface area contributed by atoms with Gasteiger partial charge in [0.25, 0.3) is 5.91 Å². The van der Waals surface area contributed by atoms with Gasteiger partial charge >= 0.3 is 0 Å². The van der Waals surface area contributed by atoms with Gasteiger partial charge in [0, 0.05) is 36.9 Å². The number of hydrogen-bond donors (Lipinski definition) is 2. The largest absolute Gasteiger partial charge is 0.397 e. The molecule has 0 saturated heterocycles. The molecule has 1 amide bonds. The number of nitrogen functional groups attached to an aromatic ring is 1. The average molecular weight is 292 g/mol. The molecule has 0 spiro atoms. The van der Waals surface area contributed by atoms with Gasteiger partial charge in [-0.1, -0.05) is 0 Å². The second-order valence-corrected chi connectivity index (χ2v) is 6.10. The van der Waals surface area contributed by atoms with Crippen LogP contribution in [-0.2, 0) is 0 Å². The van der Waals surface area contributed by atoms with Gasteiger partial charge < -0.3 is 16.0 Å². The molecule has 20 heavy (non-hydrogen) atoms. The summed E-state index contributed by atoms with van der Waals surface area (Å²) in [6.45, 7) is 5.67. The van der Waals surface area contributed by atoms with Crippen molar-refractivity contribution in [1.82, 2.24) is 15.2 Å². The van der Waals surface area contributed by atoms with Gasteiger partial charge in [0.05, 0.1) is 10.4 Å². The average Bonchev–Trinajstić information content (AvgIpc) is 2.76. The monoisotopic (exact) mass is 292 g/mol. The zero-order valence-corrected chi connectivity index (χ0v) is 12.8. The number of carbonyl (C=O) groups is 1. The third kappa shape index (κ3) is 3.08. The first-order valence-electron chi connectivity index (χ1n) is 6.61. The maximum Gasteiger partial charge on any atom is 0.263 e. The second-order valence-electron chi connectivity index (χ2n) is 5.05. The van der Waals surface area contributed by atoms with Crippen molar-refractivity contribution in [2.75, 3.05) is 25.9 Å². The van der Waals surface area contributed by atoms with Gasteiger partial charge in [0.2, 0.25) is 0 Å². The number of hydrogen-bond acceptors (Lipinski definition) is 5. The second kappa shape index (κ2) is 6.19. The van der Waals surface area contributed by atoms with Gasteiger partial charge in [0.15, 0.2) is 0 Å². The summed E-state index contributed by atoms with van der Waals surface area (Å²) in [4.78, 5) is 19.0. The molecule has 108 valence electrons. The molecule has 0 saturated carbocycles. The minimum Gasteiger partial charge on any atom is -0.397 e. The number of likely N-dealkylation sites (N-methyl/N-ethyl adjacent to an activating group) is 1. The van der Waals surface area contributed by atoms with E-state index in [1.54, 1.807) is 12.4 Å². The first-order valence-corrected chi connectivity index (χ1v) is 7.42. The van der Waals surface area contributed by atoms with Crippen molar-refractivity contribution in [2.24, 2.45) is 0 Å². The highest BCUT2D eigenvalue weighted by molar-refractivity contribution is 7.21. The summed E-state index contributed by atoms with van der Waals surface area (Å²) in [5.74, 6) is -0.110. The van der Waals surface area contributed by atoms with Gasteiger partial charge in [-0.15, -0.1) is 11.3 Å². The number of amides is 1. The van der Waals surface area contributed by atoms with E-state index in [9.17, 15) is 4.79 Å². The van der Waals surface area contributed by atoms with Crippen LogP contribution in [0.15, 0.2) is 18.5 Å². The first-order chi connectivity index (χ1) is 9.50. The summed E-state index contributed by atoms with van der Waals surface area (Å²) in [7, 11) is 2.04. The molecule has 0 aliphatic rings. The highest BCUT2D eigenvalue weighted by Crippen LogP contribution is 2.32. The Labute approximate surface area is 122 Å².